The van der Waals surface area contributed by atoms with Crippen molar-refractivity contribution in [1.29, 1.82) is 0 Å². The summed E-state index contributed by atoms with van der Waals surface area (Å²) in [6.07, 6.45) is -0.666. The number of amides is 1. The third-order valence-corrected chi connectivity index (χ3v) is 2.30. The molecule has 1 amide bonds. The highest BCUT2D eigenvalue weighted by atomic mass is 35.5. The lowest BCUT2D eigenvalue weighted by atomic mass is 10.2. The molecular formula is C14H16ClNO5. The van der Waals surface area contributed by atoms with Crippen molar-refractivity contribution in [2.45, 2.75) is 33.3 Å². The summed E-state index contributed by atoms with van der Waals surface area (Å²) in [6, 6.07) is 4.12. The van der Waals surface area contributed by atoms with Gasteiger partial charge in [0.25, 0.3) is 5.24 Å². The van der Waals surface area contributed by atoms with Gasteiger partial charge in [0.15, 0.2) is 0 Å². The molecule has 0 heterocycles. The van der Waals surface area contributed by atoms with E-state index in [2.05, 4.69) is 5.32 Å². The van der Waals surface area contributed by atoms with E-state index in [0.717, 1.165) is 0 Å². The molecule has 0 aliphatic heterocycles. The van der Waals surface area contributed by atoms with E-state index in [0.29, 0.717) is 5.69 Å². The lowest BCUT2D eigenvalue weighted by Gasteiger charge is -2.19. The molecular weight excluding hydrogens is 298 g/mol. The van der Waals surface area contributed by atoms with Crippen molar-refractivity contribution in [3.8, 4) is 5.75 Å². The number of carbonyl (C=O) groups excluding carboxylic acids is 3. The van der Waals surface area contributed by atoms with Gasteiger partial charge >= 0.3 is 12.1 Å². The highest BCUT2D eigenvalue weighted by Crippen LogP contribution is 2.25. The summed E-state index contributed by atoms with van der Waals surface area (Å²) < 4.78 is 9.98. The normalized spacial score (nSPS) is 10.7. The van der Waals surface area contributed by atoms with Crippen LogP contribution in [-0.2, 0) is 9.53 Å². The summed E-state index contributed by atoms with van der Waals surface area (Å²) in [4.78, 5) is 33.9. The van der Waals surface area contributed by atoms with E-state index in [1.165, 1.54) is 25.1 Å². The molecule has 0 radical (unpaired) electrons. The largest absolute Gasteiger partial charge is 0.444 e. The Morgan fingerprint density at radius 1 is 1.19 bits per heavy atom. The maximum atomic E-state index is 11.6. The van der Waals surface area contributed by atoms with Gasteiger partial charge < -0.3 is 9.47 Å². The van der Waals surface area contributed by atoms with Gasteiger partial charge in [-0.2, -0.15) is 0 Å². The van der Waals surface area contributed by atoms with Crippen LogP contribution < -0.4 is 10.1 Å². The molecule has 0 aliphatic carbocycles. The number of halogens is 1. The van der Waals surface area contributed by atoms with E-state index in [1.54, 1.807) is 20.8 Å². The standard InChI is InChI=1S/C14H16ClNO5/c1-8(17)20-11-7-9(5-6-10(11)12(15)18)16-13(19)21-14(2,3)4/h5-7H,1-4H3,(H,16,19). The van der Waals surface area contributed by atoms with Crippen LogP contribution in [0.4, 0.5) is 10.5 Å². The zero-order chi connectivity index (χ0) is 16.2. The molecule has 0 saturated carbocycles. The summed E-state index contributed by atoms with van der Waals surface area (Å²) >= 11 is 5.39. The minimum atomic E-state index is -0.768. The number of carbonyl (C=O) groups is 3. The minimum absolute atomic E-state index is 0.0293. The summed E-state index contributed by atoms with van der Waals surface area (Å²) in [5.41, 5.74) is -0.307. The number of esters is 1. The Morgan fingerprint density at radius 3 is 2.29 bits per heavy atom. The fraction of sp³-hybridized carbons (Fsp3) is 0.357. The van der Waals surface area contributed by atoms with Crippen molar-refractivity contribution < 1.29 is 23.9 Å². The molecule has 0 bridgehead atoms. The van der Waals surface area contributed by atoms with Crippen molar-refractivity contribution >= 4 is 34.6 Å². The SMILES string of the molecule is CC(=O)Oc1cc(NC(=O)OC(C)(C)C)ccc1C(=O)Cl. The van der Waals surface area contributed by atoms with E-state index >= 15 is 0 Å². The zero-order valence-electron chi connectivity index (χ0n) is 12.2. The van der Waals surface area contributed by atoms with Gasteiger partial charge in [-0.25, -0.2) is 4.79 Å². The van der Waals surface area contributed by atoms with E-state index in [9.17, 15) is 14.4 Å². The lowest BCUT2D eigenvalue weighted by Crippen LogP contribution is -2.27. The van der Waals surface area contributed by atoms with Crippen molar-refractivity contribution in [2.24, 2.45) is 0 Å². The number of rotatable bonds is 3. The van der Waals surface area contributed by atoms with Crippen LogP contribution in [0.25, 0.3) is 0 Å². The van der Waals surface area contributed by atoms with Crippen molar-refractivity contribution in [2.75, 3.05) is 5.32 Å². The molecule has 0 unspecified atom stereocenters. The second-order valence-electron chi connectivity index (χ2n) is 5.21. The van der Waals surface area contributed by atoms with Crippen molar-refractivity contribution in [1.82, 2.24) is 0 Å². The van der Waals surface area contributed by atoms with Gasteiger partial charge in [-0.05, 0) is 44.5 Å². The van der Waals surface area contributed by atoms with Crippen LogP contribution in [0.5, 0.6) is 5.75 Å². The topological polar surface area (TPSA) is 81.7 Å². The van der Waals surface area contributed by atoms with Gasteiger partial charge in [-0.15, -0.1) is 0 Å². The highest BCUT2D eigenvalue weighted by Gasteiger charge is 2.18. The summed E-state index contributed by atoms with van der Waals surface area (Å²) in [5, 5.41) is 1.70. The van der Waals surface area contributed by atoms with Gasteiger partial charge in [-0.1, -0.05) is 0 Å². The molecule has 1 rings (SSSR count). The lowest BCUT2D eigenvalue weighted by molar-refractivity contribution is -0.131. The fourth-order valence-electron chi connectivity index (χ4n) is 1.42. The molecule has 0 aliphatic rings. The number of anilines is 1. The summed E-state index contributed by atoms with van der Waals surface area (Å²) in [5.74, 6) is -0.639. The van der Waals surface area contributed by atoms with Gasteiger partial charge in [-0.3, -0.25) is 14.9 Å². The zero-order valence-corrected chi connectivity index (χ0v) is 12.9. The molecule has 0 saturated heterocycles. The predicted molar refractivity (Wildman–Crippen MR) is 77.8 cm³/mol. The molecule has 1 N–H and O–H groups in total. The van der Waals surface area contributed by atoms with Crippen LogP contribution in [0.2, 0.25) is 0 Å². The number of ether oxygens (including phenoxy) is 2. The molecule has 0 atom stereocenters. The molecule has 1 aromatic rings. The van der Waals surface area contributed by atoms with Crippen LogP contribution in [0.15, 0.2) is 18.2 Å². The average Bonchev–Trinajstić information content (AvgIpc) is 2.24. The summed E-state index contributed by atoms with van der Waals surface area (Å²) in [7, 11) is 0. The Labute approximate surface area is 127 Å². The molecule has 7 heteroatoms. The van der Waals surface area contributed by atoms with Crippen LogP contribution in [-0.4, -0.2) is 22.9 Å². The molecule has 1 aromatic carbocycles. The van der Waals surface area contributed by atoms with E-state index in [4.69, 9.17) is 21.1 Å². The maximum absolute atomic E-state index is 11.6. The third-order valence-electron chi connectivity index (χ3n) is 2.09. The first kappa shape index (κ1) is 17.0. The van der Waals surface area contributed by atoms with Crippen molar-refractivity contribution in [3.63, 3.8) is 0 Å². The second-order valence-corrected chi connectivity index (χ2v) is 5.55. The van der Waals surface area contributed by atoms with E-state index in [1.807, 2.05) is 0 Å². The Hall–Kier alpha value is -2.08. The first-order chi connectivity index (χ1) is 9.58. The van der Waals surface area contributed by atoms with Gasteiger partial charge in [0, 0.05) is 18.7 Å². The number of hydrogen-bond acceptors (Lipinski definition) is 5. The van der Waals surface area contributed by atoms with Crippen LogP contribution >= 0.6 is 11.6 Å². The number of hydrogen-bond donors (Lipinski definition) is 1. The molecule has 114 valence electrons. The van der Waals surface area contributed by atoms with E-state index < -0.39 is 22.9 Å². The highest BCUT2D eigenvalue weighted by molar-refractivity contribution is 6.68. The quantitative estimate of drug-likeness (QED) is 0.526. The molecule has 0 aromatic heterocycles. The third kappa shape index (κ3) is 5.83. The van der Waals surface area contributed by atoms with Gasteiger partial charge in [0.05, 0.1) is 5.56 Å². The Bertz CT molecular complexity index is 577. The monoisotopic (exact) mass is 313 g/mol. The van der Waals surface area contributed by atoms with Crippen LogP contribution in [0, 0.1) is 0 Å². The van der Waals surface area contributed by atoms with E-state index in [-0.39, 0.29) is 11.3 Å². The minimum Gasteiger partial charge on any atom is -0.444 e. The molecule has 6 nitrogen and oxygen atoms in total. The Morgan fingerprint density at radius 2 is 1.81 bits per heavy atom. The Balaban J connectivity index is 2.97. The van der Waals surface area contributed by atoms with Crippen LogP contribution in [0.3, 0.4) is 0 Å². The molecule has 0 fully saturated rings. The maximum Gasteiger partial charge on any atom is 0.412 e. The molecule has 21 heavy (non-hydrogen) atoms. The predicted octanol–water partition coefficient (Wildman–Crippen LogP) is 3.34. The fourth-order valence-corrected chi connectivity index (χ4v) is 1.58. The first-order valence-electron chi connectivity index (χ1n) is 6.11. The van der Waals surface area contributed by atoms with Crippen molar-refractivity contribution in [3.05, 3.63) is 23.8 Å². The second kappa shape index (κ2) is 6.58. The summed E-state index contributed by atoms with van der Waals surface area (Å²) in [6.45, 7) is 6.38. The molecule has 0 spiro atoms. The van der Waals surface area contributed by atoms with Gasteiger partial charge in [0.2, 0.25) is 0 Å². The average molecular weight is 314 g/mol. The Kier molecular flexibility index (Phi) is 5.32. The number of benzene rings is 1. The van der Waals surface area contributed by atoms with Gasteiger partial charge in [0.1, 0.15) is 11.4 Å². The smallest absolute Gasteiger partial charge is 0.412 e. The first-order valence-corrected chi connectivity index (χ1v) is 6.48. The number of nitrogens with one attached hydrogen (secondary N) is 1. The van der Waals surface area contributed by atoms with Crippen LogP contribution in [0.1, 0.15) is 38.1 Å².